The fourth-order valence-corrected chi connectivity index (χ4v) is 4.24. The summed E-state index contributed by atoms with van der Waals surface area (Å²) in [4.78, 5) is 28.3. The minimum absolute atomic E-state index is 0.0227. The first kappa shape index (κ1) is 18.7. The predicted octanol–water partition coefficient (Wildman–Crippen LogP) is 2.29. The quantitative estimate of drug-likeness (QED) is 0.857. The number of aryl methyl sites for hydroxylation is 1. The fourth-order valence-electron chi connectivity index (χ4n) is 4.24. The summed E-state index contributed by atoms with van der Waals surface area (Å²) in [5, 5.41) is 4.70. The van der Waals surface area contributed by atoms with Gasteiger partial charge in [-0.05, 0) is 37.2 Å². The summed E-state index contributed by atoms with van der Waals surface area (Å²) in [6.07, 6.45) is 0.853. The van der Waals surface area contributed by atoms with E-state index in [2.05, 4.69) is 22.6 Å². The molecule has 0 radical (unpaired) electrons. The van der Waals surface area contributed by atoms with E-state index in [-0.39, 0.29) is 29.7 Å². The van der Waals surface area contributed by atoms with Crippen LogP contribution in [0.25, 0.3) is 0 Å². The van der Waals surface area contributed by atoms with Gasteiger partial charge in [-0.1, -0.05) is 43.3 Å². The normalized spacial score (nSPS) is 24.9. The average molecular weight is 378 g/mol. The molecule has 6 heteroatoms. The Bertz CT molecular complexity index is 870. The van der Waals surface area contributed by atoms with Crippen LogP contribution in [0.3, 0.4) is 0 Å². The highest BCUT2D eigenvalue weighted by molar-refractivity contribution is 6.00. The maximum atomic E-state index is 13.2. The van der Waals surface area contributed by atoms with E-state index in [9.17, 15) is 9.59 Å². The molecule has 28 heavy (non-hydrogen) atoms. The lowest BCUT2D eigenvalue weighted by Gasteiger charge is -2.36. The molecular weight excluding hydrogens is 352 g/mol. The van der Waals surface area contributed by atoms with Gasteiger partial charge in [0, 0.05) is 18.8 Å². The largest absolute Gasteiger partial charge is 0.326 e. The monoisotopic (exact) mass is 378 g/mol. The van der Waals surface area contributed by atoms with Gasteiger partial charge in [-0.25, -0.2) is 10.4 Å². The van der Waals surface area contributed by atoms with Gasteiger partial charge in [-0.2, -0.15) is 0 Å². The topological polar surface area (TPSA) is 64.7 Å². The van der Waals surface area contributed by atoms with Crippen LogP contribution in [-0.4, -0.2) is 42.9 Å². The van der Waals surface area contributed by atoms with Crippen molar-refractivity contribution in [3.63, 3.8) is 0 Å². The van der Waals surface area contributed by atoms with E-state index in [1.807, 2.05) is 61.6 Å². The second-order valence-electron chi connectivity index (χ2n) is 7.60. The van der Waals surface area contributed by atoms with Gasteiger partial charge in [0.05, 0.1) is 23.6 Å². The molecule has 2 N–H and O–H groups in total. The molecule has 6 nitrogen and oxygen atoms in total. The van der Waals surface area contributed by atoms with Gasteiger partial charge >= 0.3 is 0 Å². The van der Waals surface area contributed by atoms with E-state index in [4.69, 9.17) is 0 Å². The summed E-state index contributed by atoms with van der Waals surface area (Å²) in [6, 6.07) is 17.2. The molecule has 0 aromatic heterocycles. The molecule has 4 rings (SSSR count). The number of likely N-dealkylation sites (tertiary alicyclic amines) is 1. The van der Waals surface area contributed by atoms with Crippen LogP contribution in [-0.2, 0) is 16.0 Å². The number of hydrogen-bond acceptors (Lipinski definition) is 4. The van der Waals surface area contributed by atoms with Gasteiger partial charge < -0.3 is 10.2 Å². The molecular formula is C22H26N4O2. The number of amides is 2. The number of piperidine rings is 1. The predicted molar refractivity (Wildman–Crippen MR) is 110 cm³/mol. The number of para-hydroxylation sites is 2. The molecule has 3 atom stereocenters. The summed E-state index contributed by atoms with van der Waals surface area (Å²) in [5.41, 5.74) is 6.09. The van der Waals surface area contributed by atoms with Gasteiger partial charge in [0.1, 0.15) is 0 Å². The van der Waals surface area contributed by atoms with Crippen molar-refractivity contribution < 1.29 is 9.59 Å². The van der Waals surface area contributed by atoms with Gasteiger partial charge in [0.15, 0.2) is 0 Å². The molecule has 2 aliphatic rings. The molecule has 3 unspecified atom stereocenters. The van der Waals surface area contributed by atoms with Crippen molar-refractivity contribution in [1.82, 2.24) is 10.3 Å². The standard InChI is InChI=1S/C22H26N4O2/c1-3-15-9-7-8-12-19(15)23-21(27)17-13-25(2)14-18-20(17)24-26(22(18)28)16-10-5-4-6-11-16/h4-12,17-18,20,24H,3,13-14H2,1-2H3,(H,23,27). The second kappa shape index (κ2) is 7.73. The number of carbonyl (C=O) groups excluding carboxylic acids is 2. The Balaban J connectivity index is 1.57. The van der Waals surface area contributed by atoms with Crippen LogP contribution in [0.1, 0.15) is 12.5 Å². The van der Waals surface area contributed by atoms with Crippen LogP contribution in [0.15, 0.2) is 54.6 Å². The van der Waals surface area contributed by atoms with Crippen molar-refractivity contribution in [2.24, 2.45) is 11.8 Å². The van der Waals surface area contributed by atoms with E-state index in [1.165, 1.54) is 0 Å². The molecule has 2 aromatic rings. The summed E-state index contributed by atoms with van der Waals surface area (Å²) < 4.78 is 0. The van der Waals surface area contributed by atoms with Crippen molar-refractivity contribution in [3.8, 4) is 0 Å². The van der Waals surface area contributed by atoms with E-state index in [1.54, 1.807) is 5.01 Å². The zero-order chi connectivity index (χ0) is 19.7. The van der Waals surface area contributed by atoms with Crippen molar-refractivity contribution in [2.75, 3.05) is 30.5 Å². The molecule has 146 valence electrons. The van der Waals surface area contributed by atoms with Crippen molar-refractivity contribution in [3.05, 3.63) is 60.2 Å². The molecule has 0 aliphatic carbocycles. The Morgan fingerprint density at radius 1 is 1.11 bits per heavy atom. The zero-order valence-electron chi connectivity index (χ0n) is 16.3. The zero-order valence-corrected chi connectivity index (χ0v) is 16.3. The van der Waals surface area contributed by atoms with Crippen LogP contribution >= 0.6 is 0 Å². The molecule has 2 heterocycles. The lowest BCUT2D eigenvalue weighted by Crippen LogP contribution is -2.55. The fraction of sp³-hybridized carbons (Fsp3) is 0.364. The minimum atomic E-state index is -0.314. The Hall–Kier alpha value is -2.70. The highest BCUT2D eigenvalue weighted by atomic mass is 16.2. The lowest BCUT2D eigenvalue weighted by atomic mass is 9.84. The number of fused-ring (bicyclic) bond motifs is 1. The van der Waals surface area contributed by atoms with Crippen LogP contribution in [0.4, 0.5) is 11.4 Å². The molecule has 0 spiro atoms. The molecule has 2 aromatic carbocycles. The van der Waals surface area contributed by atoms with Gasteiger partial charge in [-0.3, -0.25) is 9.59 Å². The van der Waals surface area contributed by atoms with Crippen LogP contribution in [0.5, 0.6) is 0 Å². The first-order chi connectivity index (χ1) is 13.6. The number of rotatable bonds is 4. The van der Waals surface area contributed by atoms with E-state index < -0.39 is 0 Å². The molecule has 2 fully saturated rings. The average Bonchev–Trinajstić information content (AvgIpc) is 3.05. The maximum Gasteiger partial charge on any atom is 0.247 e. The van der Waals surface area contributed by atoms with Crippen LogP contribution in [0.2, 0.25) is 0 Å². The first-order valence-corrected chi connectivity index (χ1v) is 9.81. The van der Waals surface area contributed by atoms with Crippen molar-refractivity contribution in [2.45, 2.75) is 19.4 Å². The third-order valence-corrected chi connectivity index (χ3v) is 5.71. The number of hydrogen-bond donors (Lipinski definition) is 2. The van der Waals surface area contributed by atoms with Crippen LogP contribution < -0.4 is 15.8 Å². The Kier molecular flexibility index (Phi) is 5.15. The Morgan fingerprint density at radius 3 is 2.57 bits per heavy atom. The number of benzene rings is 2. The highest BCUT2D eigenvalue weighted by Crippen LogP contribution is 2.32. The molecule has 0 saturated carbocycles. The number of hydrazine groups is 1. The number of anilines is 2. The van der Waals surface area contributed by atoms with Crippen molar-refractivity contribution >= 4 is 23.2 Å². The van der Waals surface area contributed by atoms with Gasteiger partial charge in [0.2, 0.25) is 11.8 Å². The molecule has 0 bridgehead atoms. The van der Waals surface area contributed by atoms with E-state index >= 15 is 0 Å². The lowest BCUT2D eigenvalue weighted by molar-refractivity contribution is -0.125. The smallest absolute Gasteiger partial charge is 0.247 e. The maximum absolute atomic E-state index is 13.2. The Labute approximate surface area is 165 Å². The highest BCUT2D eigenvalue weighted by Gasteiger charge is 2.50. The summed E-state index contributed by atoms with van der Waals surface area (Å²) in [5.74, 6) is -0.574. The molecule has 2 aliphatic heterocycles. The summed E-state index contributed by atoms with van der Waals surface area (Å²) >= 11 is 0. The van der Waals surface area contributed by atoms with Crippen molar-refractivity contribution in [1.29, 1.82) is 0 Å². The second-order valence-corrected chi connectivity index (χ2v) is 7.60. The van der Waals surface area contributed by atoms with Gasteiger partial charge in [0.25, 0.3) is 0 Å². The number of carbonyl (C=O) groups is 2. The Morgan fingerprint density at radius 2 is 1.82 bits per heavy atom. The van der Waals surface area contributed by atoms with E-state index in [0.29, 0.717) is 13.1 Å². The van der Waals surface area contributed by atoms with Gasteiger partial charge in [-0.15, -0.1) is 0 Å². The number of nitrogens with one attached hydrogen (secondary N) is 2. The molecule has 2 amide bonds. The summed E-state index contributed by atoms with van der Waals surface area (Å²) in [7, 11) is 1.97. The van der Waals surface area contributed by atoms with E-state index in [0.717, 1.165) is 23.4 Å². The van der Waals surface area contributed by atoms with Crippen LogP contribution in [0, 0.1) is 11.8 Å². The minimum Gasteiger partial charge on any atom is -0.326 e. The summed E-state index contributed by atoms with van der Waals surface area (Å²) in [6.45, 7) is 3.34. The molecule has 2 saturated heterocycles. The third kappa shape index (κ3) is 3.41. The number of nitrogens with zero attached hydrogens (tertiary/aromatic N) is 2. The SMILES string of the molecule is CCc1ccccc1NC(=O)C1CN(C)CC2C(=O)N(c3ccccc3)NC12. The third-order valence-electron chi connectivity index (χ3n) is 5.71. The first-order valence-electron chi connectivity index (χ1n) is 9.81.